The molecule has 2 aromatic heterocycles. The molecule has 3 aromatic rings. The Balaban J connectivity index is 1.47. The van der Waals surface area contributed by atoms with Crippen molar-refractivity contribution in [3.05, 3.63) is 58.5 Å². The Morgan fingerprint density at radius 1 is 0.971 bits per heavy atom. The van der Waals surface area contributed by atoms with Gasteiger partial charge in [-0.2, -0.15) is 4.98 Å². The van der Waals surface area contributed by atoms with Gasteiger partial charge in [0.05, 0.1) is 29.0 Å². The summed E-state index contributed by atoms with van der Waals surface area (Å²) in [6.45, 7) is 7.12. The lowest BCUT2D eigenvalue weighted by molar-refractivity contribution is 0.122. The minimum absolute atomic E-state index is 0.0693. The van der Waals surface area contributed by atoms with E-state index in [-0.39, 0.29) is 11.1 Å². The minimum atomic E-state index is -0.453. The second-order valence-corrected chi connectivity index (χ2v) is 9.25. The fraction of sp³-hybridized carbons (Fsp3) is 0.375. The molecule has 0 amide bonds. The van der Waals surface area contributed by atoms with E-state index in [9.17, 15) is 4.39 Å². The van der Waals surface area contributed by atoms with Crippen LogP contribution < -0.4 is 14.7 Å². The van der Waals surface area contributed by atoms with Crippen molar-refractivity contribution < 1.29 is 9.13 Å². The zero-order valence-corrected chi connectivity index (χ0v) is 20.3. The highest BCUT2D eigenvalue weighted by atomic mass is 35.5. The first-order chi connectivity index (χ1) is 16.5. The summed E-state index contributed by atoms with van der Waals surface area (Å²) >= 11 is 12.5. The van der Waals surface area contributed by atoms with Gasteiger partial charge in [0, 0.05) is 56.6 Å². The average Bonchev–Trinajstić information content (AvgIpc) is 2.86. The summed E-state index contributed by atoms with van der Waals surface area (Å²) in [6, 6.07) is 10.5. The molecule has 2 fully saturated rings. The van der Waals surface area contributed by atoms with Crippen molar-refractivity contribution in [1.29, 1.82) is 0 Å². The lowest BCUT2D eigenvalue weighted by Crippen LogP contribution is -2.53. The number of nitrogens with zero attached hydrogens (tertiary/aromatic N) is 6. The lowest BCUT2D eigenvalue weighted by Gasteiger charge is -2.41. The number of rotatable bonds is 4. The first-order valence-electron chi connectivity index (χ1n) is 11.3. The molecule has 2 saturated heterocycles. The minimum Gasteiger partial charge on any atom is -0.378 e. The van der Waals surface area contributed by atoms with Crippen molar-refractivity contribution in [2.75, 3.05) is 60.6 Å². The van der Waals surface area contributed by atoms with Gasteiger partial charge in [-0.05, 0) is 37.3 Å². The van der Waals surface area contributed by atoms with Crippen LogP contribution in [0.5, 0.6) is 0 Å². The van der Waals surface area contributed by atoms with Crippen molar-refractivity contribution >= 4 is 40.8 Å². The third kappa shape index (κ3) is 4.76. The van der Waals surface area contributed by atoms with Gasteiger partial charge in [0.25, 0.3) is 0 Å². The van der Waals surface area contributed by atoms with E-state index in [2.05, 4.69) is 26.6 Å². The average molecular weight is 503 g/mol. The van der Waals surface area contributed by atoms with Crippen LogP contribution in [0.1, 0.15) is 6.92 Å². The topological polar surface area (TPSA) is 57.6 Å². The van der Waals surface area contributed by atoms with Crippen molar-refractivity contribution in [3.63, 3.8) is 0 Å². The standard InChI is InChI=1S/C24H25Cl2FN6O/c1-16-15-32(23-18(25)3-2-6-28-23)7-8-33(16)22-14-21(17-4-5-20(27)19(26)13-17)29-24(30-22)31-9-11-34-12-10-31/h2-6,13-14,16H,7-12,15H2,1H3. The SMILES string of the molecule is CC1CN(c2ncccc2Cl)CCN1c1cc(-c2ccc(F)c(Cl)c2)nc(N2CCOCC2)n1. The summed E-state index contributed by atoms with van der Waals surface area (Å²) in [4.78, 5) is 20.8. The fourth-order valence-corrected chi connectivity index (χ4v) is 4.80. The third-order valence-corrected chi connectivity index (χ3v) is 6.76. The van der Waals surface area contributed by atoms with Crippen LogP contribution in [0.4, 0.5) is 22.0 Å². The normalized spacial score (nSPS) is 18.9. The second kappa shape index (κ2) is 9.90. The predicted octanol–water partition coefficient (Wildman–Crippen LogP) is 4.54. The molecule has 2 aliphatic heterocycles. The zero-order chi connectivity index (χ0) is 23.7. The number of aromatic nitrogens is 3. The fourth-order valence-electron chi connectivity index (χ4n) is 4.38. The summed E-state index contributed by atoms with van der Waals surface area (Å²) in [5, 5.41) is 0.718. The molecule has 5 rings (SSSR count). The molecule has 0 N–H and O–H groups in total. The lowest BCUT2D eigenvalue weighted by atomic mass is 10.1. The Kier molecular flexibility index (Phi) is 6.72. The van der Waals surface area contributed by atoms with Gasteiger partial charge in [0.2, 0.25) is 5.95 Å². The molecule has 7 nitrogen and oxygen atoms in total. The highest BCUT2D eigenvalue weighted by molar-refractivity contribution is 6.33. The Morgan fingerprint density at radius 2 is 1.79 bits per heavy atom. The van der Waals surface area contributed by atoms with Crippen LogP contribution in [0, 0.1) is 5.82 Å². The molecule has 0 radical (unpaired) electrons. The Bertz CT molecular complexity index is 1180. The van der Waals surface area contributed by atoms with Crippen molar-refractivity contribution in [1.82, 2.24) is 15.0 Å². The van der Waals surface area contributed by atoms with Crippen molar-refractivity contribution in [2.45, 2.75) is 13.0 Å². The zero-order valence-electron chi connectivity index (χ0n) is 18.8. The smallest absolute Gasteiger partial charge is 0.228 e. The van der Waals surface area contributed by atoms with Crippen LogP contribution in [-0.2, 0) is 4.74 Å². The Labute approximate surface area is 208 Å². The van der Waals surface area contributed by atoms with Crippen LogP contribution >= 0.6 is 23.2 Å². The predicted molar refractivity (Wildman–Crippen MR) is 134 cm³/mol. The summed E-state index contributed by atoms with van der Waals surface area (Å²) in [5.41, 5.74) is 1.45. The van der Waals surface area contributed by atoms with E-state index in [1.807, 2.05) is 18.2 Å². The largest absolute Gasteiger partial charge is 0.378 e. The van der Waals surface area contributed by atoms with Gasteiger partial charge < -0.3 is 19.4 Å². The monoisotopic (exact) mass is 502 g/mol. The number of pyridine rings is 1. The molecule has 0 saturated carbocycles. The van der Waals surface area contributed by atoms with Crippen LogP contribution in [-0.4, -0.2) is 66.9 Å². The molecule has 0 bridgehead atoms. The molecule has 0 spiro atoms. The first-order valence-corrected chi connectivity index (χ1v) is 12.0. The number of halogens is 3. The van der Waals surface area contributed by atoms with Gasteiger partial charge >= 0.3 is 0 Å². The van der Waals surface area contributed by atoms with E-state index >= 15 is 0 Å². The molecular formula is C24H25Cl2FN6O. The second-order valence-electron chi connectivity index (χ2n) is 8.44. The highest BCUT2D eigenvalue weighted by Gasteiger charge is 2.28. The molecule has 1 unspecified atom stereocenters. The van der Waals surface area contributed by atoms with Gasteiger partial charge in [0.1, 0.15) is 17.5 Å². The summed E-state index contributed by atoms with van der Waals surface area (Å²) in [6.07, 6.45) is 1.76. The number of hydrogen-bond acceptors (Lipinski definition) is 7. The van der Waals surface area contributed by atoms with E-state index < -0.39 is 5.82 Å². The van der Waals surface area contributed by atoms with E-state index in [0.29, 0.717) is 43.0 Å². The van der Waals surface area contributed by atoms with Gasteiger partial charge in [-0.1, -0.05) is 23.2 Å². The maximum absolute atomic E-state index is 13.8. The number of ether oxygens (including phenoxy) is 1. The maximum atomic E-state index is 13.8. The van der Waals surface area contributed by atoms with Crippen LogP contribution in [0.15, 0.2) is 42.6 Å². The molecule has 178 valence electrons. The summed E-state index contributed by atoms with van der Waals surface area (Å²) < 4.78 is 19.3. The molecule has 0 aliphatic carbocycles. The van der Waals surface area contributed by atoms with Crippen molar-refractivity contribution in [2.24, 2.45) is 0 Å². The molecule has 1 atom stereocenters. The van der Waals surface area contributed by atoms with E-state index in [1.165, 1.54) is 6.07 Å². The van der Waals surface area contributed by atoms with Crippen LogP contribution in [0.25, 0.3) is 11.3 Å². The van der Waals surface area contributed by atoms with Gasteiger partial charge in [-0.15, -0.1) is 0 Å². The Morgan fingerprint density at radius 3 is 2.53 bits per heavy atom. The van der Waals surface area contributed by atoms with E-state index in [0.717, 1.165) is 36.8 Å². The number of hydrogen-bond donors (Lipinski definition) is 0. The molecule has 34 heavy (non-hydrogen) atoms. The third-order valence-electron chi connectivity index (χ3n) is 6.17. The van der Waals surface area contributed by atoms with Crippen LogP contribution in [0.3, 0.4) is 0 Å². The van der Waals surface area contributed by atoms with E-state index in [4.69, 9.17) is 37.9 Å². The maximum Gasteiger partial charge on any atom is 0.228 e. The molecule has 1 aromatic carbocycles. The number of benzene rings is 1. The number of piperazine rings is 1. The molecule has 2 aliphatic rings. The summed E-state index contributed by atoms with van der Waals surface area (Å²) in [7, 11) is 0. The molecular weight excluding hydrogens is 478 g/mol. The van der Waals surface area contributed by atoms with Gasteiger partial charge in [0.15, 0.2) is 0 Å². The van der Waals surface area contributed by atoms with Gasteiger partial charge in [-0.25, -0.2) is 14.4 Å². The Hall–Kier alpha value is -2.68. The molecule has 4 heterocycles. The number of morpholine rings is 1. The quantitative estimate of drug-likeness (QED) is 0.519. The summed E-state index contributed by atoms with van der Waals surface area (Å²) in [5.74, 6) is 1.81. The van der Waals surface area contributed by atoms with Gasteiger partial charge in [-0.3, -0.25) is 0 Å². The molecule has 10 heteroatoms. The van der Waals surface area contributed by atoms with E-state index in [1.54, 1.807) is 18.3 Å². The first kappa shape index (κ1) is 23.1. The number of anilines is 3. The van der Waals surface area contributed by atoms with Crippen LogP contribution in [0.2, 0.25) is 10.0 Å². The highest BCUT2D eigenvalue weighted by Crippen LogP contribution is 2.31. The van der Waals surface area contributed by atoms with Crippen molar-refractivity contribution in [3.8, 4) is 11.3 Å².